The van der Waals surface area contributed by atoms with E-state index >= 15 is 0 Å². The van der Waals surface area contributed by atoms with Gasteiger partial charge in [-0.15, -0.1) is 24.0 Å². The highest BCUT2D eigenvalue weighted by Gasteiger charge is 2.39. The quantitative estimate of drug-likeness (QED) is 0.502. The van der Waals surface area contributed by atoms with E-state index < -0.39 is 0 Å². The van der Waals surface area contributed by atoms with Gasteiger partial charge in [0.1, 0.15) is 5.82 Å². The van der Waals surface area contributed by atoms with Crippen molar-refractivity contribution in [2.75, 3.05) is 7.05 Å². The van der Waals surface area contributed by atoms with Crippen LogP contribution in [0.2, 0.25) is 0 Å². The molecule has 0 saturated heterocycles. The first-order chi connectivity index (χ1) is 8.65. The van der Waals surface area contributed by atoms with E-state index in [4.69, 9.17) is 5.73 Å². The summed E-state index contributed by atoms with van der Waals surface area (Å²) in [5.41, 5.74) is 7.14. The van der Waals surface area contributed by atoms with Crippen molar-refractivity contribution in [2.45, 2.75) is 37.3 Å². The minimum absolute atomic E-state index is 0. The largest absolute Gasteiger partial charge is 0.370 e. The van der Waals surface area contributed by atoms with Crippen molar-refractivity contribution in [3.63, 3.8) is 0 Å². The van der Waals surface area contributed by atoms with Crippen LogP contribution in [0.25, 0.3) is 0 Å². The van der Waals surface area contributed by atoms with Crippen molar-refractivity contribution in [3.05, 3.63) is 35.6 Å². The Balaban J connectivity index is 0.00000133. The highest BCUT2D eigenvalue weighted by Crippen LogP contribution is 2.43. The second kappa shape index (κ2) is 5.64. The molecule has 0 bridgehead atoms. The van der Waals surface area contributed by atoms with Gasteiger partial charge in [0.15, 0.2) is 5.96 Å². The van der Waals surface area contributed by atoms with E-state index in [-0.39, 0.29) is 35.8 Å². The molecule has 2 atom stereocenters. The van der Waals surface area contributed by atoms with Gasteiger partial charge in [0, 0.05) is 19.0 Å². The highest BCUT2D eigenvalue weighted by molar-refractivity contribution is 14.0. The first-order valence-electron chi connectivity index (χ1n) is 6.46. The normalized spacial score (nSPS) is 25.7. The van der Waals surface area contributed by atoms with Crippen LogP contribution in [0.15, 0.2) is 29.3 Å². The third-order valence-electron chi connectivity index (χ3n) is 3.81. The van der Waals surface area contributed by atoms with Crippen LogP contribution in [0.3, 0.4) is 0 Å². The predicted molar refractivity (Wildman–Crippen MR) is 85.4 cm³/mol. The number of nitrogens with zero attached hydrogens (tertiary/aromatic N) is 2. The van der Waals surface area contributed by atoms with Gasteiger partial charge >= 0.3 is 0 Å². The summed E-state index contributed by atoms with van der Waals surface area (Å²) in [5.74, 6) is 0.872. The maximum Gasteiger partial charge on any atom is 0.191 e. The van der Waals surface area contributed by atoms with Gasteiger partial charge in [-0.25, -0.2) is 9.38 Å². The summed E-state index contributed by atoms with van der Waals surface area (Å²) in [7, 11) is 2.01. The topological polar surface area (TPSA) is 41.6 Å². The summed E-state index contributed by atoms with van der Waals surface area (Å²) in [6.07, 6.45) is 3.46. The molecule has 0 spiro atoms. The molecule has 3 rings (SSSR count). The molecule has 2 fully saturated rings. The fourth-order valence-corrected chi connectivity index (χ4v) is 2.30. The summed E-state index contributed by atoms with van der Waals surface area (Å²) in [5, 5.41) is 0. The lowest BCUT2D eigenvalue weighted by atomic mass is 10.1. The lowest BCUT2D eigenvalue weighted by Gasteiger charge is -2.16. The molecule has 104 valence electrons. The molecule has 0 aliphatic heterocycles. The van der Waals surface area contributed by atoms with Crippen molar-refractivity contribution >= 4 is 29.9 Å². The van der Waals surface area contributed by atoms with Crippen molar-refractivity contribution in [1.82, 2.24) is 4.90 Å². The first-order valence-corrected chi connectivity index (χ1v) is 6.46. The molecule has 2 aliphatic rings. The van der Waals surface area contributed by atoms with Gasteiger partial charge in [-0.2, -0.15) is 0 Å². The van der Waals surface area contributed by atoms with Gasteiger partial charge < -0.3 is 10.6 Å². The van der Waals surface area contributed by atoms with E-state index in [1.54, 1.807) is 0 Å². The van der Waals surface area contributed by atoms with Crippen LogP contribution in [0, 0.1) is 5.82 Å². The molecule has 0 unspecified atom stereocenters. The van der Waals surface area contributed by atoms with Crippen molar-refractivity contribution < 1.29 is 4.39 Å². The predicted octanol–water partition coefficient (Wildman–Crippen LogP) is 2.71. The molecule has 0 radical (unpaired) electrons. The fraction of sp³-hybridized carbons (Fsp3) is 0.500. The summed E-state index contributed by atoms with van der Waals surface area (Å²) in [4.78, 5) is 6.63. The molecule has 2 saturated carbocycles. The number of hydrogen-bond acceptors (Lipinski definition) is 1. The highest BCUT2D eigenvalue weighted by atomic mass is 127. The van der Waals surface area contributed by atoms with E-state index in [0.717, 1.165) is 12.0 Å². The molecule has 0 amide bonds. The van der Waals surface area contributed by atoms with Gasteiger partial charge in [0.25, 0.3) is 0 Å². The molecule has 1 aromatic rings. The number of nitrogens with two attached hydrogens (primary N) is 1. The number of guanidine groups is 1. The minimum Gasteiger partial charge on any atom is -0.370 e. The maximum atomic E-state index is 12.8. The molecule has 19 heavy (non-hydrogen) atoms. The Hall–Kier alpha value is -0.850. The number of aliphatic imine (C=N–C) groups is 1. The summed E-state index contributed by atoms with van der Waals surface area (Å²) in [6, 6.07) is 7.57. The number of rotatable bonds is 3. The Kier molecular flexibility index (Phi) is 4.32. The van der Waals surface area contributed by atoms with Crippen LogP contribution < -0.4 is 5.73 Å². The lowest BCUT2D eigenvalue weighted by molar-refractivity contribution is 0.487. The number of benzene rings is 1. The number of halogens is 2. The third kappa shape index (κ3) is 3.38. The Morgan fingerprint density at radius 2 is 1.95 bits per heavy atom. The van der Waals surface area contributed by atoms with Crippen molar-refractivity contribution in [3.8, 4) is 0 Å². The molecule has 0 heterocycles. The van der Waals surface area contributed by atoms with Crippen LogP contribution in [0.1, 0.15) is 30.7 Å². The van der Waals surface area contributed by atoms with Crippen LogP contribution in [0.5, 0.6) is 0 Å². The molecular formula is C14H19FIN3. The SMILES string of the molecule is CN(C(N)=N[C@@H]1C[C@H]1c1ccc(F)cc1)C1CC1.I. The zero-order chi connectivity index (χ0) is 12.7. The van der Waals surface area contributed by atoms with E-state index in [0.29, 0.717) is 17.9 Å². The Morgan fingerprint density at radius 3 is 2.53 bits per heavy atom. The van der Waals surface area contributed by atoms with E-state index in [9.17, 15) is 4.39 Å². The van der Waals surface area contributed by atoms with Crippen LogP contribution in [-0.2, 0) is 0 Å². The summed E-state index contributed by atoms with van der Waals surface area (Å²) < 4.78 is 12.8. The summed E-state index contributed by atoms with van der Waals surface area (Å²) in [6.45, 7) is 0. The Morgan fingerprint density at radius 1 is 1.32 bits per heavy atom. The molecule has 2 aliphatic carbocycles. The van der Waals surface area contributed by atoms with Gasteiger partial charge in [0.2, 0.25) is 0 Å². The van der Waals surface area contributed by atoms with Crippen molar-refractivity contribution in [1.29, 1.82) is 0 Å². The van der Waals surface area contributed by atoms with Crippen molar-refractivity contribution in [2.24, 2.45) is 10.7 Å². The smallest absolute Gasteiger partial charge is 0.191 e. The maximum absolute atomic E-state index is 12.8. The standard InChI is InChI=1S/C14H18FN3.HI/c1-18(11-6-7-11)14(16)17-13-8-12(13)9-2-4-10(15)5-3-9;/h2-5,11-13H,6-8H2,1H3,(H2,16,17);1H/t12-,13+;/m0./s1. The average molecular weight is 375 g/mol. The van der Waals surface area contributed by atoms with E-state index in [1.807, 2.05) is 19.2 Å². The molecule has 2 N–H and O–H groups in total. The van der Waals surface area contributed by atoms with E-state index in [1.165, 1.54) is 25.0 Å². The van der Waals surface area contributed by atoms with Gasteiger partial charge in [-0.3, -0.25) is 0 Å². The van der Waals surface area contributed by atoms with Gasteiger partial charge in [-0.05, 0) is 37.0 Å². The molecule has 5 heteroatoms. The molecular weight excluding hydrogens is 356 g/mol. The molecule has 3 nitrogen and oxygen atoms in total. The third-order valence-corrected chi connectivity index (χ3v) is 3.81. The second-order valence-electron chi connectivity index (χ2n) is 5.29. The van der Waals surface area contributed by atoms with E-state index in [2.05, 4.69) is 9.89 Å². The monoisotopic (exact) mass is 375 g/mol. The lowest BCUT2D eigenvalue weighted by Crippen LogP contribution is -2.36. The Bertz CT molecular complexity index is 470. The van der Waals surface area contributed by atoms with Crippen LogP contribution >= 0.6 is 24.0 Å². The van der Waals surface area contributed by atoms with Crippen LogP contribution in [0.4, 0.5) is 4.39 Å². The van der Waals surface area contributed by atoms with Gasteiger partial charge in [0.05, 0.1) is 6.04 Å². The summed E-state index contributed by atoms with van der Waals surface area (Å²) >= 11 is 0. The zero-order valence-corrected chi connectivity index (χ0v) is 13.3. The number of hydrogen-bond donors (Lipinski definition) is 1. The van der Waals surface area contributed by atoms with Gasteiger partial charge in [-0.1, -0.05) is 12.1 Å². The Labute approximate surface area is 130 Å². The minimum atomic E-state index is -0.188. The zero-order valence-electron chi connectivity index (χ0n) is 10.9. The average Bonchev–Trinajstić information content (AvgIpc) is 3.23. The molecule has 1 aromatic carbocycles. The first kappa shape index (κ1) is 14.6. The van der Waals surface area contributed by atoms with Crippen LogP contribution in [-0.4, -0.2) is 30.0 Å². The fourth-order valence-electron chi connectivity index (χ4n) is 2.30. The second-order valence-corrected chi connectivity index (χ2v) is 5.29. The molecule has 0 aromatic heterocycles.